The zero-order valence-electron chi connectivity index (χ0n) is 22.1. The molecule has 2 saturated heterocycles. The number of rotatable bonds is 6. The molecule has 6 heteroatoms. The lowest BCUT2D eigenvalue weighted by Crippen LogP contribution is -2.60. The summed E-state index contributed by atoms with van der Waals surface area (Å²) in [6, 6.07) is 8.12. The number of aryl methyl sites for hydroxylation is 1. The van der Waals surface area contributed by atoms with Crippen molar-refractivity contribution in [2.45, 2.75) is 91.3 Å². The normalized spacial score (nSPS) is 19.3. The van der Waals surface area contributed by atoms with Crippen molar-refractivity contribution < 1.29 is 19.1 Å². The third-order valence-corrected chi connectivity index (χ3v) is 7.16. The molecule has 0 aromatic heterocycles. The van der Waals surface area contributed by atoms with E-state index in [-0.39, 0.29) is 12.0 Å². The molecule has 0 aliphatic carbocycles. The van der Waals surface area contributed by atoms with E-state index in [0.29, 0.717) is 37.8 Å². The Morgan fingerprint density at radius 3 is 2.09 bits per heavy atom. The van der Waals surface area contributed by atoms with E-state index in [0.717, 1.165) is 44.5 Å². The molecule has 34 heavy (non-hydrogen) atoms. The molecule has 0 unspecified atom stereocenters. The van der Waals surface area contributed by atoms with Crippen LogP contribution in [0.15, 0.2) is 24.3 Å². The van der Waals surface area contributed by atoms with E-state index >= 15 is 0 Å². The molecule has 1 aromatic carbocycles. The van der Waals surface area contributed by atoms with Crippen molar-refractivity contribution in [2.75, 3.05) is 26.2 Å². The summed E-state index contributed by atoms with van der Waals surface area (Å²) in [7, 11) is 0. The van der Waals surface area contributed by atoms with Crippen molar-refractivity contribution in [1.82, 2.24) is 9.80 Å². The minimum Gasteiger partial charge on any atom is -0.477 e. The Bertz CT molecular complexity index is 812. The van der Waals surface area contributed by atoms with Crippen molar-refractivity contribution in [3.63, 3.8) is 0 Å². The van der Waals surface area contributed by atoms with Crippen molar-refractivity contribution in [3.8, 4) is 5.75 Å². The summed E-state index contributed by atoms with van der Waals surface area (Å²) < 4.78 is 12.1. The van der Waals surface area contributed by atoms with Gasteiger partial charge in [-0.05, 0) is 69.6 Å². The maximum Gasteiger partial charge on any atom is 0.410 e. The van der Waals surface area contributed by atoms with Gasteiger partial charge in [0.1, 0.15) is 11.4 Å². The molecule has 2 amide bonds. The van der Waals surface area contributed by atoms with Crippen molar-refractivity contribution in [1.29, 1.82) is 0 Å². The van der Waals surface area contributed by atoms with Crippen LogP contribution in [-0.2, 0) is 16.0 Å². The molecule has 190 valence electrons. The lowest BCUT2D eigenvalue weighted by molar-refractivity contribution is -0.154. The van der Waals surface area contributed by atoms with Gasteiger partial charge in [0.25, 0.3) is 5.91 Å². The molecule has 1 aromatic rings. The summed E-state index contributed by atoms with van der Waals surface area (Å²) in [5.74, 6) is 2.09. The van der Waals surface area contributed by atoms with Gasteiger partial charge in [0.15, 0.2) is 5.60 Å². The Morgan fingerprint density at radius 1 is 1.00 bits per heavy atom. The van der Waals surface area contributed by atoms with Gasteiger partial charge in [0.05, 0.1) is 0 Å². The standard InChI is InChI=1S/C28H44N2O4/c1-7-8-22-9-11-24(12-10-22)33-28(25(31)29-17-13-23(14-18-29)21(2)3)15-19-30(20-16-28)26(32)34-27(4,5)6/h9-12,21,23H,7-8,13-20H2,1-6H3. The second kappa shape index (κ2) is 11.0. The highest BCUT2D eigenvalue weighted by Crippen LogP contribution is 2.34. The Hall–Kier alpha value is -2.24. The van der Waals surface area contributed by atoms with Crippen LogP contribution in [0.2, 0.25) is 0 Å². The summed E-state index contributed by atoms with van der Waals surface area (Å²) in [6.45, 7) is 14.7. The summed E-state index contributed by atoms with van der Waals surface area (Å²) in [5, 5.41) is 0. The number of benzene rings is 1. The Kier molecular flexibility index (Phi) is 8.53. The SMILES string of the molecule is CCCc1ccc(OC2(C(=O)N3CCC(C(C)C)CC3)CCN(C(=O)OC(C)(C)C)CC2)cc1. The molecule has 0 spiro atoms. The van der Waals surface area contributed by atoms with Gasteiger partial charge in [-0.15, -0.1) is 0 Å². The van der Waals surface area contributed by atoms with Crippen LogP contribution in [0, 0.1) is 11.8 Å². The quantitative estimate of drug-likeness (QED) is 0.534. The van der Waals surface area contributed by atoms with Crippen LogP contribution < -0.4 is 4.74 Å². The number of piperidine rings is 2. The second-order valence-corrected chi connectivity index (χ2v) is 11.3. The van der Waals surface area contributed by atoms with Crippen LogP contribution in [0.4, 0.5) is 4.79 Å². The summed E-state index contributed by atoms with van der Waals surface area (Å²) >= 11 is 0. The monoisotopic (exact) mass is 472 g/mol. The van der Waals surface area contributed by atoms with E-state index in [4.69, 9.17) is 9.47 Å². The maximum absolute atomic E-state index is 13.9. The molecular formula is C28H44N2O4. The molecule has 0 radical (unpaired) electrons. The molecule has 3 rings (SSSR count). The first-order valence-corrected chi connectivity index (χ1v) is 13.1. The number of nitrogens with zero attached hydrogens (tertiary/aromatic N) is 2. The number of likely N-dealkylation sites (tertiary alicyclic amines) is 2. The second-order valence-electron chi connectivity index (χ2n) is 11.3. The Balaban J connectivity index is 1.75. The van der Waals surface area contributed by atoms with E-state index in [1.807, 2.05) is 37.8 Å². The van der Waals surface area contributed by atoms with Crippen LogP contribution in [0.5, 0.6) is 5.75 Å². The van der Waals surface area contributed by atoms with Crippen LogP contribution in [0.3, 0.4) is 0 Å². The number of ether oxygens (including phenoxy) is 2. The van der Waals surface area contributed by atoms with Crippen molar-refractivity contribution >= 4 is 12.0 Å². The van der Waals surface area contributed by atoms with E-state index in [1.165, 1.54) is 5.56 Å². The number of amides is 2. The highest BCUT2D eigenvalue weighted by molar-refractivity contribution is 5.86. The summed E-state index contributed by atoms with van der Waals surface area (Å²) in [4.78, 5) is 30.2. The first-order chi connectivity index (χ1) is 16.0. The average Bonchev–Trinajstić information content (AvgIpc) is 2.79. The molecule has 0 saturated carbocycles. The van der Waals surface area contributed by atoms with Gasteiger partial charge in [-0.3, -0.25) is 4.79 Å². The summed E-state index contributed by atoms with van der Waals surface area (Å²) in [6.07, 6.45) is 4.80. The van der Waals surface area contributed by atoms with Gasteiger partial charge in [0.2, 0.25) is 0 Å². The van der Waals surface area contributed by atoms with Crippen LogP contribution in [0.1, 0.15) is 79.2 Å². The van der Waals surface area contributed by atoms with Crippen molar-refractivity contribution in [2.24, 2.45) is 11.8 Å². The lowest BCUT2D eigenvalue weighted by Gasteiger charge is -2.44. The molecule has 2 aliphatic rings. The third-order valence-electron chi connectivity index (χ3n) is 7.16. The highest BCUT2D eigenvalue weighted by atomic mass is 16.6. The molecular weight excluding hydrogens is 428 g/mol. The third kappa shape index (κ3) is 6.67. The lowest BCUT2D eigenvalue weighted by atomic mass is 9.84. The first kappa shape index (κ1) is 26.4. The van der Waals surface area contributed by atoms with Crippen LogP contribution in [-0.4, -0.2) is 59.2 Å². The Morgan fingerprint density at radius 2 is 1.59 bits per heavy atom. The van der Waals surface area contributed by atoms with Gasteiger partial charge in [0, 0.05) is 39.0 Å². The van der Waals surface area contributed by atoms with Crippen LogP contribution in [0.25, 0.3) is 0 Å². The molecule has 0 N–H and O–H groups in total. The fourth-order valence-corrected chi connectivity index (χ4v) is 5.03. The Labute approximate surface area is 206 Å². The summed E-state index contributed by atoms with van der Waals surface area (Å²) in [5.41, 5.74) is -0.222. The molecule has 6 nitrogen and oxygen atoms in total. The molecule has 2 fully saturated rings. The smallest absolute Gasteiger partial charge is 0.410 e. The zero-order chi connectivity index (χ0) is 24.9. The average molecular weight is 473 g/mol. The number of carbonyl (C=O) groups is 2. The molecule has 2 heterocycles. The molecule has 2 aliphatic heterocycles. The number of hydrogen-bond donors (Lipinski definition) is 0. The minimum atomic E-state index is -0.949. The van der Waals surface area contributed by atoms with Gasteiger partial charge >= 0.3 is 6.09 Å². The zero-order valence-corrected chi connectivity index (χ0v) is 22.1. The largest absolute Gasteiger partial charge is 0.477 e. The predicted octanol–water partition coefficient (Wildman–Crippen LogP) is 5.68. The number of carbonyl (C=O) groups excluding carboxylic acids is 2. The first-order valence-electron chi connectivity index (χ1n) is 13.1. The predicted molar refractivity (Wildman–Crippen MR) is 135 cm³/mol. The highest BCUT2D eigenvalue weighted by Gasteiger charge is 2.48. The van der Waals surface area contributed by atoms with Gasteiger partial charge in [-0.25, -0.2) is 4.79 Å². The fraction of sp³-hybridized carbons (Fsp3) is 0.714. The fourth-order valence-electron chi connectivity index (χ4n) is 5.03. The topological polar surface area (TPSA) is 59.1 Å². The van der Waals surface area contributed by atoms with E-state index in [9.17, 15) is 9.59 Å². The van der Waals surface area contributed by atoms with E-state index in [1.54, 1.807) is 4.90 Å². The molecule has 0 atom stereocenters. The van der Waals surface area contributed by atoms with Gasteiger partial charge < -0.3 is 19.3 Å². The van der Waals surface area contributed by atoms with Gasteiger partial charge in [-0.1, -0.05) is 39.3 Å². The van der Waals surface area contributed by atoms with Gasteiger partial charge in [-0.2, -0.15) is 0 Å². The van der Waals surface area contributed by atoms with Crippen molar-refractivity contribution in [3.05, 3.63) is 29.8 Å². The molecule has 0 bridgehead atoms. The maximum atomic E-state index is 13.9. The van der Waals surface area contributed by atoms with Crippen LogP contribution >= 0.6 is 0 Å². The van der Waals surface area contributed by atoms with E-state index in [2.05, 4.69) is 32.9 Å². The van der Waals surface area contributed by atoms with E-state index < -0.39 is 11.2 Å². The number of hydrogen-bond acceptors (Lipinski definition) is 4. The minimum absolute atomic E-state index is 0.0659.